The van der Waals surface area contributed by atoms with Crippen LogP contribution in [-0.2, 0) is 14.3 Å². The summed E-state index contributed by atoms with van der Waals surface area (Å²) in [6.07, 6.45) is 2.32. The SMILES string of the molecule is C[C@]1(C(=O)O)CCN(C(=O)[C@@H]2CCCOC2)C1. The summed E-state index contributed by atoms with van der Waals surface area (Å²) in [4.78, 5) is 25.0. The van der Waals surface area contributed by atoms with Gasteiger partial charge in [0.2, 0.25) is 5.91 Å². The molecule has 0 spiro atoms. The van der Waals surface area contributed by atoms with Crippen LogP contribution < -0.4 is 0 Å². The van der Waals surface area contributed by atoms with E-state index in [-0.39, 0.29) is 11.8 Å². The van der Waals surface area contributed by atoms with E-state index in [0.717, 1.165) is 19.4 Å². The van der Waals surface area contributed by atoms with Gasteiger partial charge in [0.05, 0.1) is 17.9 Å². The molecule has 2 saturated heterocycles. The van der Waals surface area contributed by atoms with Gasteiger partial charge in [0.25, 0.3) is 0 Å². The van der Waals surface area contributed by atoms with E-state index in [1.54, 1.807) is 11.8 Å². The first-order valence-corrected chi connectivity index (χ1v) is 6.13. The highest BCUT2D eigenvalue weighted by Gasteiger charge is 2.43. The molecule has 0 unspecified atom stereocenters. The first-order chi connectivity index (χ1) is 8.03. The van der Waals surface area contributed by atoms with Gasteiger partial charge < -0.3 is 14.7 Å². The van der Waals surface area contributed by atoms with Gasteiger partial charge in [0.15, 0.2) is 0 Å². The van der Waals surface area contributed by atoms with Crippen molar-refractivity contribution in [1.82, 2.24) is 4.90 Å². The molecule has 2 atom stereocenters. The number of ether oxygens (including phenoxy) is 1. The van der Waals surface area contributed by atoms with Gasteiger partial charge in [-0.3, -0.25) is 9.59 Å². The van der Waals surface area contributed by atoms with Crippen molar-refractivity contribution in [2.75, 3.05) is 26.3 Å². The number of aliphatic carboxylic acids is 1. The van der Waals surface area contributed by atoms with Crippen LogP contribution in [0.3, 0.4) is 0 Å². The number of hydrogen-bond acceptors (Lipinski definition) is 3. The van der Waals surface area contributed by atoms with E-state index in [9.17, 15) is 9.59 Å². The molecule has 0 aromatic rings. The van der Waals surface area contributed by atoms with Crippen LogP contribution in [0.4, 0.5) is 0 Å². The highest BCUT2D eigenvalue weighted by Crippen LogP contribution is 2.31. The van der Waals surface area contributed by atoms with Crippen molar-refractivity contribution in [3.05, 3.63) is 0 Å². The average molecular weight is 241 g/mol. The monoisotopic (exact) mass is 241 g/mol. The summed E-state index contributed by atoms with van der Waals surface area (Å²) in [7, 11) is 0. The number of carboxylic acids is 1. The Labute approximate surface area is 101 Å². The molecule has 0 radical (unpaired) electrons. The summed E-state index contributed by atoms with van der Waals surface area (Å²) in [5, 5.41) is 9.12. The van der Waals surface area contributed by atoms with Gasteiger partial charge in [0, 0.05) is 19.7 Å². The molecule has 0 bridgehead atoms. The van der Waals surface area contributed by atoms with Gasteiger partial charge in [-0.05, 0) is 26.2 Å². The first-order valence-electron chi connectivity index (χ1n) is 6.13. The maximum atomic E-state index is 12.2. The van der Waals surface area contributed by atoms with Crippen LogP contribution in [0.5, 0.6) is 0 Å². The summed E-state index contributed by atoms with van der Waals surface area (Å²) in [6.45, 7) is 3.81. The zero-order chi connectivity index (χ0) is 12.5. The molecule has 2 aliphatic rings. The predicted octanol–water partition coefficient (Wildman–Crippen LogP) is 0.736. The Morgan fingerprint density at radius 2 is 2.24 bits per heavy atom. The molecule has 2 fully saturated rings. The molecule has 2 rings (SSSR count). The molecule has 2 heterocycles. The fourth-order valence-electron chi connectivity index (χ4n) is 2.52. The van der Waals surface area contributed by atoms with Gasteiger partial charge in [-0.15, -0.1) is 0 Å². The quantitative estimate of drug-likeness (QED) is 0.774. The third-order valence-electron chi connectivity index (χ3n) is 3.81. The van der Waals surface area contributed by atoms with E-state index in [2.05, 4.69) is 0 Å². The minimum absolute atomic E-state index is 0.0645. The van der Waals surface area contributed by atoms with Crippen LogP contribution in [-0.4, -0.2) is 48.2 Å². The lowest BCUT2D eigenvalue weighted by atomic mass is 9.90. The van der Waals surface area contributed by atoms with E-state index in [0.29, 0.717) is 26.1 Å². The number of likely N-dealkylation sites (tertiary alicyclic amines) is 1. The topological polar surface area (TPSA) is 66.8 Å². The number of carbonyl (C=O) groups excluding carboxylic acids is 1. The Morgan fingerprint density at radius 1 is 1.47 bits per heavy atom. The second-order valence-corrected chi connectivity index (χ2v) is 5.29. The molecule has 0 aromatic carbocycles. The van der Waals surface area contributed by atoms with Gasteiger partial charge in [0.1, 0.15) is 0 Å². The third kappa shape index (κ3) is 2.44. The maximum absolute atomic E-state index is 12.2. The highest BCUT2D eigenvalue weighted by atomic mass is 16.5. The molecule has 1 N–H and O–H groups in total. The third-order valence-corrected chi connectivity index (χ3v) is 3.81. The molecule has 5 nitrogen and oxygen atoms in total. The summed E-state index contributed by atoms with van der Waals surface area (Å²) in [6, 6.07) is 0. The smallest absolute Gasteiger partial charge is 0.311 e. The van der Waals surface area contributed by atoms with Gasteiger partial charge in [-0.25, -0.2) is 0 Å². The molecule has 0 saturated carbocycles. The molecule has 96 valence electrons. The predicted molar refractivity (Wildman–Crippen MR) is 60.5 cm³/mol. The molecule has 0 aromatic heterocycles. The Kier molecular flexibility index (Phi) is 3.38. The fourth-order valence-corrected chi connectivity index (χ4v) is 2.52. The van der Waals surface area contributed by atoms with Crippen molar-refractivity contribution in [3.63, 3.8) is 0 Å². The lowest BCUT2D eigenvalue weighted by molar-refractivity contribution is -0.148. The number of rotatable bonds is 2. The number of amides is 1. The highest BCUT2D eigenvalue weighted by molar-refractivity contribution is 5.82. The van der Waals surface area contributed by atoms with Crippen molar-refractivity contribution in [1.29, 1.82) is 0 Å². The normalized spacial score (nSPS) is 33.7. The van der Waals surface area contributed by atoms with Gasteiger partial charge in [-0.1, -0.05) is 0 Å². The lowest BCUT2D eigenvalue weighted by Crippen LogP contribution is -2.40. The summed E-state index contributed by atoms with van der Waals surface area (Å²) in [5.74, 6) is -0.817. The van der Waals surface area contributed by atoms with E-state index in [1.165, 1.54) is 0 Å². The fraction of sp³-hybridized carbons (Fsp3) is 0.833. The van der Waals surface area contributed by atoms with Crippen LogP contribution in [0.2, 0.25) is 0 Å². The summed E-state index contributed by atoms with van der Waals surface area (Å²) in [5.41, 5.74) is -0.773. The number of nitrogens with zero attached hydrogens (tertiary/aromatic N) is 1. The van der Waals surface area contributed by atoms with E-state index in [1.807, 2.05) is 0 Å². The van der Waals surface area contributed by atoms with Crippen molar-refractivity contribution in [2.45, 2.75) is 26.2 Å². The van der Waals surface area contributed by atoms with E-state index in [4.69, 9.17) is 9.84 Å². The second kappa shape index (κ2) is 4.64. The number of hydrogen-bond donors (Lipinski definition) is 1. The van der Waals surface area contributed by atoms with Crippen molar-refractivity contribution in [2.24, 2.45) is 11.3 Å². The molecule has 0 aliphatic carbocycles. The molecular formula is C12H19NO4. The zero-order valence-corrected chi connectivity index (χ0v) is 10.1. The van der Waals surface area contributed by atoms with Crippen LogP contribution in [0.25, 0.3) is 0 Å². The van der Waals surface area contributed by atoms with E-state index < -0.39 is 11.4 Å². The largest absolute Gasteiger partial charge is 0.481 e. The average Bonchev–Trinajstić information content (AvgIpc) is 2.74. The number of carbonyl (C=O) groups is 2. The molecule has 5 heteroatoms. The molecular weight excluding hydrogens is 222 g/mol. The minimum atomic E-state index is -0.812. The van der Waals surface area contributed by atoms with Crippen LogP contribution in [0.1, 0.15) is 26.2 Å². The Balaban J connectivity index is 1.95. The minimum Gasteiger partial charge on any atom is -0.481 e. The maximum Gasteiger partial charge on any atom is 0.311 e. The van der Waals surface area contributed by atoms with Crippen LogP contribution in [0, 0.1) is 11.3 Å². The van der Waals surface area contributed by atoms with Crippen LogP contribution >= 0.6 is 0 Å². The zero-order valence-electron chi connectivity index (χ0n) is 10.1. The first kappa shape index (κ1) is 12.4. The van der Waals surface area contributed by atoms with Crippen molar-refractivity contribution < 1.29 is 19.4 Å². The standard InChI is InChI=1S/C12H19NO4/c1-12(11(15)16)4-5-13(8-12)10(14)9-3-2-6-17-7-9/h9H,2-8H2,1H3,(H,15,16)/t9-,12+/m1/s1. The number of carboxylic acid groups (broad SMARTS) is 1. The Morgan fingerprint density at radius 3 is 2.76 bits per heavy atom. The van der Waals surface area contributed by atoms with Crippen LogP contribution in [0.15, 0.2) is 0 Å². The summed E-state index contributed by atoms with van der Waals surface area (Å²) >= 11 is 0. The molecule has 2 aliphatic heterocycles. The molecule has 17 heavy (non-hydrogen) atoms. The van der Waals surface area contributed by atoms with Crippen molar-refractivity contribution >= 4 is 11.9 Å². The van der Waals surface area contributed by atoms with Gasteiger partial charge >= 0.3 is 5.97 Å². The summed E-state index contributed by atoms with van der Waals surface area (Å²) < 4.78 is 5.30. The van der Waals surface area contributed by atoms with Crippen molar-refractivity contribution in [3.8, 4) is 0 Å². The molecule has 1 amide bonds. The lowest BCUT2D eigenvalue weighted by Gasteiger charge is -2.27. The van der Waals surface area contributed by atoms with E-state index >= 15 is 0 Å². The second-order valence-electron chi connectivity index (χ2n) is 5.29. The Hall–Kier alpha value is -1.10. The van der Waals surface area contributed by atoms with Gasteiger partial charge in [-0.2, -0.15) is 0 Å². The Bertz CT molecular complexity index is 324.